The highest BCUT2D eigenvalue weighted by molar-refractivity contribution is 8.15. The minimum absolute atomic E-state index is 0.00795. The van der Waals surface area contributed by atoms with Crippen LogP contribution in [0, 0.1) is 5.92 Å². The molecule has 0 N–H and O–H groups in total. The van der Waals surface area contributed by atoms with Crippen LogP contribution in [-0.2, 0) is 9.53 Å². The van der Waals surface area contributed by atoms with Crippen LogP contribution in [-0.4, -0.2) is 46.0 Å². The first-order valence-corrected chi connectivity index (χ1v) is 9.24. The number of hydrogen-bond acceptors (Lipinski definition) is 3. The van der Waals surface area contributed by atoms with E-state index in [1.165, 1.54) is 0 Å². The van der Waals surface area contributed by atoms with Crippen molar-refractivity contribution in [3.8, 4) is 0 Å². The minimum Gasteiger partial charge on any atom is -0.376 e. The number of thioether (sulfide) groups is 1. The third kappa shape index (κ3) is 4.72. The normalized spacial score (nSPS) is 29.0. The summed E-state index contributed by atoms with van der Waals surface area (Å²) in [5, 5.41) is 0.924. The lowest BCUT2D eigenvalue weighted by atomic mass is 9.88. The van der Waals surface area contributed by atoms with E-state index in [1.54, 1.807) is 11.8 Å². The molecule has 0 aromatic heterocycles. The summed E-state index contributed by atoms with van der Waals surface area (Å²) < 4.78 is 5.85. The lowest BCUT2D eigenvalue weighted by Crippen LogP contribution is -2.37. The van der Waals surface area contributed by atoms with Gasteiger partial charge in [0.15, 0.2) is 5.17 Å². The van der Waals surface area contributed by atoms with Crippen LogP contribution in [0.15, 0.2) is 4.99 Å². The third-order valence-corrected chi connectivity index (χ3v) is 5.46. The van der Waals surface area contributed by atoms with E-state index in [1.807, 2.05) is 0 Å². The van der Waals surface area contributed by atoms with Gasteiger partial charge in [-0.25, -0.2) is 0 Å². The monoisotopic (exact) mass is 326 g/mol. The molecule has 0 aromatic carbocycles. The molecule has 2 rings (SSSR count). The molecule has 5 heteroatoms. The van der Waals surface area contributed by atoms with Gasteiger partial charge in [-0.05, 0) is 47.0 Å². The van der Waals surface area contributed by atoms with E-state index in [0.29, 0.717) is 6.61 Å². The molecule has 1 unspecified atom stereocenters. The van der Waals surface area contributed by atoms with E-state index >= 15 is 0 Å². The van der Waals surface area contributed by atoms with Crippen LogP contribution < -0.4 is 0 Å². The van der Waals surface area contributed by atoms with Gasteiger partial charge in [0.05, 0.1) is 5.60 Å². The smallest absolute Gasteiger partial charge is 0.251 e. The van der Waals surface area contributed by atoms with Crippen LogP contribution in [0.25, 0.3) is 0 Å². The predicted molar refractivity (Wildman–Crippen MR) is 93.3 cm³/mol. The Morgan fingerprint density at radius 3 is 2.77 bits per heavy atom. The van der Waals surface area contributed by atoms with Gasteiger partial charge in [-0.2, -0.15) is 4.99 Å². The van der Waals surface area contributed by atoms with E-state index in [9.17, 15) is 4.79 Å². The maximum absolute atomic E-state index is 12.6. The molecule has 126 valence electrons. The average Bonchev–Trinajstić information content (AvgIpc) is 2.69. The second-order valence-electron chi connectivity index (χ2n) is 7.67. The molecule has 2 heterocycles. The Kier molecular flexibility index (Phi) is 5.59. The summed E-state index contributed by atoms with van der Waals surface area (Å²) in [5.74, 6) is 0.0478. The fraction of sp³-hybridized carbons (Fsp3) is 0.882. The van der Waals surface area contributed by atoms with Crippen molar-refractivity contribution in [2.75, 3.05) is 19.7 Å². The number of hydrogen-bond donors (Lipinski definition) is 0. The molecular formula is C17H30N2O2S. The number of carbonyl (C=O) groups is 1. The standard InChI is InChI=1S/C17H30N2O2S/c1-6-7-9-19-12-17(4,5)22-15(19)18-14(20)13-8-10-21-16(2,3)11-13/h13H,6-12H2,1-5H3/b18-15-. The quantitative estimate of drug-likeness (QED) is 0.790. The number of unbranched alkanes of at least 4 members (excludes halogenated alkanes) is 1. The molecule has 0 radical (unpaired) electrons. The summed E-state index contributed by atoms with van der Waals surface area (Å²) in [6, 6.07) is 0. The van der Waals surface area contributed by atoms with Crippen molar-refractivity contribution in [3.63, 3.8) is 0 Å². The van der Waals surface area contributed by atoms with Gasteiger partial charge in [0, 0.05) is 30.4 Å². The van der Waals surface area contributed by atoms with Crippen molar-refractivity contribution in [1.29, 1.82) is 0 Å². The minimum atomic E-state index is -0.206. The van der Waals surface area contributed by atoms with Crippen LogP contribution in [0.5, 0.6) is 0 Å². The lowest BCUT2D eigenvalue weighted by molar-refractivity contribution is -0.131. The molecule has 2 aliphatic heterocycles. The van der Waals surface area contributed by atoms with Crippen molar-refractivity contribution in [3.05, 3.63) is 0 Å². The van der Waals surface area contributed by atoms with E-state index < -0.39 is 0 Å². The highest BCUT2D eigenvalue weighted by atomic mass is 32.2. The molecule has 1 amide bonds. The van der Waals surface area contributed by atoms with Gasteiger partial charge in [-0.3, -0.25) is 4.79 Å². The van der Waals surface area contributed by atoms with Crippen LogP contribution in [0.1, 0.15) is 60.3 Å². The largest absolute Gasteiger partial charge is 0.376 e. The SMILES string of the molecule is CCCCN1CC(C)(C)S/C1=N\C(=O)C1CCOC(C)(C)C1. The summed E-state index contributed by atoms with van der Waals surface area (Å²) in [5.41, 5.74) is -0.206. The number of aliphatic imine (C=N–C) groups is 1. The average molecular weight is 327 g/mol. The molecule has 0 saturated carbocycles. The number of nitrogens with zero attached hydrogens (tertiary/aromatic N) is 2. The fourth-order valence-corrected chi connectivity index (χ4v) is 4.25. The van der Waals surface area contributed by atoms with Crippen LogP contribution in [0.3, 0.4) is 0 Å². The summed E-state index contributed by atoms with van der Waals surface area (Å²) in [7, 11) is 0. The summed E-state index contributed by atoms with van der Waals surface area (Å²) >= 11 is 1.74. The summed E-state index contributed by atoms with van der Waals surface area (Å²) in [6.07, 6.45) is 3.87. The zero-order chi connectivity index (χ0) is 16.4. The van der Waals surface area contributed by atoms with Crippen LogP contribution >= 0.6 is 11.8 Å². The van der Waals surface area contributed by atoms with Gasteiger partial charge in [-0.15, -0.1) is 0 Å². The van der Waals surface area contributed by atoms with E-state index in [4.69, 9.17) is 4.74 Å². The molecule has 1 atom stereocenters. The zero-order valence-electron chi connectivity index (χ0n) is 14.6. The van der Waals surface area contributed by atoms with Crippen molar-refractivity contribution in [2.45, 2.75) is 70.7 Å². The van der Waals surface area contributed by atoms with Gasteiger partial charge < -0.3 is 9.64 Å². The zero-order valence-corrected chi connectivity index (χ0v) is 15.5. The van der Waals surface area contributed by atoms with Crippen LogP contribution in [0.4, 0.5) is 0 Å². The fourth-order valence-electron chi connectivity index (χ4n) is 3.12. The van der Waals surface area contributed by atoms with Gasteiger partial charge in [-0.1, -0.05) is 25.1 Å². The Bertz CT molecular complexity index is 446. The molecule has 2 aliphatic rings. The Morgan fingerprint density at radius 1 is 1.41 bits per heavy atom. The maximum Gasteiger partial charge on any atom is 0.251 e. The molecule has 2 saturated heterocycles. The number of amides is 1. The molecular weight excluding hydrogens is 296 g/mol. The van der Waals surface area contributed by atoms with Crippen molar-refractivity contribution >= 4 is 22.8 Å². The highest BCUT2D eigenvalue weighted by Crippen LogP contribution is 2.36. The molecule has 2 fully saturated rings. The highest BCUT2D eigenvalue weighted by Gasteiger charge is 2.37. The van der Waals surface area contributed by atoms with Gasteiger partial charge in [0.1, 0.15) is 0 Å². The lowest BCUT2D eigenvalue weighted by Gasteiger charge is -2.34. The summed E-state index contributed by atoms with van der Waals surface area (Å²) in [6.45, 7) is 13.4. The maximum atomic E-state index is 12.6. The number of rotatable bonds is 4. The van der Waals surface area contributed by atoms with Gasteiger partial charge in [0.2, 0.25) is 0 Å². The summed E-state index contributed by atoms with van der Waals surface area (Å²) in [4.78, 5) is 19.4. The molecule has 0 aliphatic carbocycles. The molecule has 22 heavy (non-hydrogen) atoms. The predicted octanol–water partition coefficient (Wildman–Crippen LogP) is 3.70. The van der Waals surface area contributed by atoms with Crippen molar-refractivity contribution < 1.29 is 9.53 Å². The Hall–Kier alpha value is -0.550. The Labute approximate surface area is 139 Å². The first-order valence-electron chi connectivity index (χ1n) is 8.43. The third-order valence-electron chi connectivity index (χ3n) is 4.24. The Balaban J connectivity index is 2.06. The number of amidine groups is 1. The topological polar surface area (TPSA) is 41.9 Å². The van der Waals surface area contributed by atoms with E-state index in [2.05, 4.69) is 44.5 Å². The van der Waals surface area contributed by atoms with Crippen molar-refractivity contribution in [1.82, 2.24) is 4.90 Å². The number of ether oxygens (including phenoxy) is 1. The van der Waals surface area contributed by atoms with Crippen LogP contribution in [0.2, 0.25) is 0 Å². The molecule has 0 aromatic rings. The van der Waals surface area contributed by atoms with E-state index in [0.717, 1.165) is 43.9 Å². The number of carbonyl (C=O) groups excluding carboxylic acids is 1. The van der Waals surface area contributed by atoms with E-state index in [-0.39, 0.29) is 22.2 Å². The molecule has 0 bridgehead atoms. The first kappa shape index (κ1) is 17.8. The molecule has 4 nitrogen and oxygen atoms in total. The second-order valence-corrected chi connectivity index (χ2v) is 9.34. The van der Waals surface area contributed by atoms with Crippen molar-refractivity contribution in [2.24, 2.45) is 10.9 Å². The first-order chi connectivity index (χ1) is 10.2. The molecule has 0 spiro atoms. The van der Waals surface area contributed by atoms with Gasteiger partial charge in [0.25, 0.3) is 5.91 Å². The second kappa shape index (κ2) is 6.91. The Morgan fingerprint density at radius 2 is 2.14 bits per heavy atom. The van der Waals surface area contributed by atoms with Gasteiger partial charge >= 0.3 is 0 Å².